The number of amides is 4. The second kappa shape index (κ2) is 21.8. The van der Waals surface area contributed by atoms with Crippen molar-refractivity contribution < 1.29 is 19.2 Å². The van der Waals surface area contributed by atoms with Crippen LogP contribution in [0, 0.1) is 20.8 Å². The molecule has 4 amide bonds. The van der Waals surface area contributed by atoms with E-state index in [-0.39, 0.29) is 35.9 Å². The number of nitrogens with one attached hydrogen (secondary N) is 4. The fraction of sp³-hybridized carbons (Fsp3) is 0.697. The third-order valence-corrected chi connectivity index (χ3v) is 9.63. The average molecular weight is 695 g/mol. The lowest BCUT2D eigenvalue weighted by atomic mass is 10.1. The van der Waals surface area contributed by atoms with E-state index in [4.69, 9.17) is 0 Å². The SMILES string of the molecule is CCCCCCCCCCCCCC(=O)NCC(=O)N[C@@H](CS)C(=O)NCC(=O)NCCSCc1c(C)c(=O)n2c(=O)c(C)c(C)n12. The van der Waals surface area contributed by atoms with Crippen LogP contribution < -0.4 is 32.4 Å². The lowest BCUT2D eigenvalue weighted by Gasteiger charge is -2.16. The van der Waals surface area contributed by atoms with E-state index in [0.717, 1.165) is 35.2 Å². The second-order valence-electron chi connectivity index (χ2n) is 12.0. The van der Waals surface area contributed by atoms with Gasteiger partial charge in [-0.1, -0.05) is 71.1 Å². The molecule has 4 N–H and O–H groups in total. The number of carbonyl (C=O) groups is 4. The summed E-state index contributed by atoms with van der Waals surface area (Å²) in [7, 11) is 0. The quantitative estimate of drug-likeness (QED) is 0.0835. The smallest absolute Gasteiger partial charge is 0.277 e. The fourth-order valence-corrected chi connectivity index (χ4v) is 6.45. The fourth-order valence-electron chi connectivity index (χ4n) is 5.27. The van der Waals surface area contributed by atoms with E-state index in [2.05, 4.69) is 40.8 Å². The van der Waals surface area contributed by atoms with Crippen molar-refractivity contribution in [3.05, 3.63) is 43.2 Å². The number of fused-ring (bicyclic) bond motifs is 1. The molecule has 2 aromatic heterocycles. The standard InChI is InChI=1S/C33H54N6O6S2/c1-5-6-7-8-9-10-11-12-13-14-15-16-28(40)35-20-30(42)37-26(21-46)31(43)36-19-29(41)34-17-18-47-22-27-24(3)33(45)39-32(44)23(2)25(4)38(27)39/h26,46H,5-22H2,1-4H3,(H,34,41)(H,35,40)(H,36,43)(H,37,42)/t26-/m0/s1. The predicted octanol–water partition coefficient (Wildman–Crippen LogP) is 2.82. The minimum atomic E-state index is -0.957. The third-order valence-electron chi connectivity index (χ3n) is 8.29. The van der Waals surface area contributed by atoms with Gasteiger partial charge in [0.2, 0.25) is 23.6 Å². The van der Waals surface area contributed by atoms with E-state index in [0.29, 0.717) is 35.6 Å². The van der Waals surface area contributed by atoms with Crippen molar-refractivity contribution in [1.29, 1.82) is 0 Å². The lowest BCUT2D eigenvalue weighted by molar-refractivity contribution is -0.130. The van der Waals surface area contributed by atoms with Gasteiger partial charge < -0.3 is 21.3 Å². The number of carbonyl (C=O) groups excluding carboxylic acids is 4. The minimum absolute atomic E-state index is 0.0223. The number of nitrogens with zero attached hydrogens (tertiary/aromatic N) is 2. The summed E-state index contributed by atoms with van der Waals surface area (Å²) in [6.07, 6.45) is 13.5. The molecule has 0 unspecified atom stereocenters. The molecule has 0 saturated heterocycles. The number of hydrogen-bond acceptors (Lipinski definition) is 8. The van der Waals surface area contributed by atoms with Gasteiger partial charge in [0.1, 0.15) is 6.04 Å². The maximum Gasteiger partial charge on any atom is 0.277 e. The van der Waals surface area contributed by atoms with Gasteiger partial charge in [-0.15, -0.1) is 0 Å². The van der Waals surface area contributed by atoms with Gasteiger partial charge in [0.25, 0.3) is 11.1 Å². The van der Waals surface area contributed by atoms with Gasteiger partial charge >= 0.3 is 0 Å². The number of thioether (sulfide) groups is 1. The molecule has 0 saturated carbocycles. The highest BCUT2D eigenvalue weighted by atomic mass is 32.2. The van der Waals surface area contributed by atoms with E-state index < -0.39 is 23.8 Å². The van der Waals surface area contributed by atoms with Crippen LogP contribution in [0.25, 0.3) is 0 Å². The summed E-state index contributed by atoms with van der Waals surface area (Å²) in [5, 5.41) is 10.4. The number of aromatic nitrogens is 2. The Kier molecular flexibility index (Phi) is 18.6. The van der Waals surface area contributed by atoms with E-state index >= 15 is 0 Å². The van der Waals surface area contributed by atoms with E-state index in [1.165, 1.54) is 63.1 Å². The first-order valence-corrected chi connectivity index (χ1v) is 18.7. The molecule has 1 atom stereocenters. The topological polar surface area (TPSA) is 159 Å². The van der Waals surface area contributed by atoms with Crippen LogP contribution in [0.2, 0.25) is 0 Å². The molecular weight excluding hydrogens is 641 g/mol. The highest BCUT2D eigenvalue weighted by Gasteiger charge is 2.21. The second-order valence-corrected chi connectivity index (χ2v) is 13.5. The van der Waals surface area contributed by atoms with Crippen molar-refractivity contribution in [2.75, 3.05) is 31.1 Å². The number of thiol groups is 1. The largest absolute Gasteiger partial charge is 0.354 e. The monoisotopic (exact) mass is 694 g/mol. The molecular formula is C33H54N6O6S2. The first-order chi connectivity index (χ1) is 22.5. The summed E-state index contributed by atoms with van der Waals surface area (Å²) < 4.78 is 2.83. The third kappa shape index (κ3) is 13.2. The molecule has 2 rings (SSSR count). The predicted molar refractivity (Wildman–Crippen MR) is 191 cm³/mol. The maximum absolute atomic E-state index is 12.5. The Bertz CT molecular complexity index is 1430. The van der Waals surface area contributed by atoms with Gasteiger partial charge in [-0.3, -0.25) is 33.3 Å². The Morgan fingerprint density at radius 2 is 1.30 bits per heavy atom. The van der Waals surface area contributed by atoms with Gasteiger partial charge in [0.05, 0.1) is 18.8 Å². The minimum Gasteiger partial charge on any atom is -0.354 e. The molecule has 12 nitrogen and oxygen atoms in total. The van der Waals surface area contributed by atoms with Gasteiger partial charge in [0.15, 0.2) is 0 Å². The molecule has 0 radical (unpaired) electrons. The Labute approximate surface area is 287 Å². The summed E-state index contributed by atoms with van der Waals surface area (Å²) >= 11 is 5.64. The molecule has 0 aliphatic rings. The van der Waals surface area contributed by atoms with Crippen LogP contribution in [0.4, 0.5) is 0 Å². The van der Waals surface area contributed by atoms with Crippen LogP contribution in [0.1, 0.15) is 106 Å². The molecule has 14 heteroatoms. The molecule has 2 heterocycles. The first kappa shape index (κ1) is 40.2. The van der Waals surface area contributed by atoms with Crippen LogP contribution in [0.3, 0.4) is 0 Å². The maximum atomic E-state index is 12.5. The zero-order valence-corrected chi connectivity index (χ0v) is 30.2. The zero-order valence-electron chi connectivity index (χ0n) is 28.5. The van der Waals surface area contributed by atoms with E-state index in [9.17, 15) is 28.8 Å². The summed E-state index contributed by atoms with van der Waals surface area (Å²) in [6, 6.07) is -0.957. The van der Waals surface area contributed by atoms with Gasteiger partial charge in [0, 0.05) is 47.0 Å². The molecule has 0 bridgehead atoms. The van der Waals surface area contributed by atoms with Crippen LogP contribution in [-0.2, 0) is 24.9 Å². The molecule has 0 fully saturated rings. The van der Waals surface area contributed by atoms with Crippen molar-refractivity contribution in [2.24, 2.45) is 0 Å². The number of hydrogen-bond donors (Lipinski definition) is 5. The van der Waals surface area contributed by atoms with Crippen molar-refractivity contribution >= 4 is 48.0 Å². The number of aryl methyl sites for hydroxylation is 1. The Balaban J connectivity index is 1.57. The van der Waals surface area contributed by atoms with Crippen LogP contribution in [0.15, 0.2) is 9.59 Å². The molecule has 0 aliphatic heterocycles. The summed E-state index contributed by atoms with van der Waals surface area (Å²) in [4.78, 5) is 74.1. The van der Waals surface area contributed by atoms with Crippen molar-refractivity contribution in [3.63, 3.8) is 0 Å². The Morgan fingerprint density at radius 1 is 0.723 bits per heavy atom. The average Bonchev–Trinajstić information content (AvgIpc) is 3.43. The number of unbranched alkanes of at least 4 members (excludes halogenated alkanes) is 10. The zero-order chi connectivity index (χ0) is 34.8. The van der Waals surface area contributed by atoms with Crippen molar-refractivity contribution in [1.82, 2.24) is 30.3 Å². The summed E-state index contributed by atoms with van der Waals surface area (Å²) in [5.74, 6) is -0.594. The van der Waals surface area contributed by atoms with E-state index in [1.807, 2.05) is 0 Å². The van der Waals surface area contributed by atoms with Gasteiger partial charge in [-0.2, -0.15) is 28.9 Å². The summed E-state index contributed by atoms with van der Waals surface area (Å²) in [6.45, 7) is 7.26. The lowest BCUT2D eigenvalue weighted by Crippen LogP contribution is -2.52. The molecule has 0 aromatic carbocycles. The normalized spacial score (nSPS) is 11.9. The molecule has 0 spiro atoms. The highest BCUT2D eigenvalue weighted by Crippen LogP contribution is 2.16. The first-order valence-electron chi connectivity index (χ1n) is 16.9. The van der Waals surface area contributed by atoms with Crippen molar-refractivity contribution in [2.45, 2.75) is 117 Å². The summed E-state index contributed by atoms with van der Waals surface area (Å²) in [5.41, 5.74) is 1.93. The molecule has 2 aromatic rings. The molecule has 0 aliphatic carbocycles. The van der Waals surface area contributed by atoms with E-state index in [1.54, 1.807) is 25.3 Å². The Hall–Kier alpha value is -3.00. The van der Waals surface area contributed by atoms with Crippen LogP contribution in [-0.4, -0.2) is 69.8 Å². The van der Waals surface area contributed by atoms with Crippen LogP contribution >= 0.6 is 24.4 Å². The van der Waals surface area contributed by atoms with Crippen LogP contribution in [0.5, 0.6) is 0 Å². The molecule has 264 valence electrons. The van der Waals surface area contributed by atoms with Gasteiger partial charge in [-0.25, -0.2) is 0 Å². The highest BCUT2D eigenvalue weighted by molar-refractivity contribution is 7.98. The molecule has 47 heavy (non-hydrogen) atoms. The number of rotatable bonds is 24. The van der Waals surface area contributed by atoms with Gasteiger partial charge in [-0.05, 0) is 27.2 Å². The Morgan fingerprint density at radius 3 is 1.91 bits per heavy atom. The van der Waals surface area contributed by atoms with Crippen molar-refractivity contribution in [3.8, 4) is 0 Å².